The van der Waals surface area contributed by atoms with Crippen molar-refractivity contribution in [3.05, 3.63) is 60.2 Å². The first-order chi connectivity index (χ1) is 9.36. The molecule has 3 aromatic carbocycles. The summed E-state index contributed by atoms with van der Waals surface area (Å²) in [6.07, 6.45) is 0. The Morgan fingerprint density at radius 2 is 1.68 bits per heavy atom. The SMILES string of the molecule is N#Cc1ccc2[nH]c3ccc4ccccc4c3c2c1. The van der Waals surface area contributed by atoms with Crippen molar-refractivity contribution in [2.75, 3.05) is 0 Å². The number of nitrogens with one attached hydrogen (secondary N) is 1. The molecule has 4 aromatic rings. The molecule has 0 spiro atoms. The second kappa shape index (κ2) is 3.60. The van der Waals surface area contributed by atoms with Crippen LogP contribution in [0.3, 0.4) is 0 Å². The van der Waals surface area contributed by atoms with Crippen LogP contribution in [0.2, 0.25) is 0 Å². The summed E-state index contributed by atoms with van der Waals surface area (Å²) in [7, 11) is 0. The predicted molar refractivity (Wildman–Crippen MR) is 78.0 cm³/mol. The first-order valence-corrected chi connectivity index (χ1v) is 6.20. The van der Waals surface area contributed by atoms with Crippen molar-refractivity contribution in [1.29, 1.82) is 5.26 Å². The smallest absolute Gasteiger partial charge is 0.0991 e. The van der Waals surface area contributed by atoms with Gasteiger partial charge in [-0.2, -0.15) is 5.26 Å². The van der Waals surface area contributed by atoms with Gasteiger partial charge >= 0.3 is 0 Å². The molecule has 2 nitrogen and oxygen atoms in total. The topological polar surface area (TPSA) is 39.6 Å². The molecule has 2 heteroatoms. The van der Waals surface area contributed by atoms with Crippen LogP contribution in [0.5, 0.6) is 0 Å². The summed E-state index contributed by atoms with van der Waals surface area (Å²) >= 11 is 0. The molecule has 19 heavy (non-hydrogen) atoms. The minimum absolute atomic E-state index is 0.696. The average Bonchev–Trinajstić information content (AvgIpc) is 2.85. The van der Waals surface area contributed by atoms with Crippen molar-refractivity contribution in [3.63, 3.8) is 0 Å². The molecule has 0 bridgehead atoms. The molecule has 0 amide bonds. The highest BCUT2D eigenvalue weighted by molar-refractivity contribution is 6.20. The lowest BCUT2D eigenvalue weighted by Crippen LogP contribution is -1.75. The zero-order chi connectivity index (χ0) is 12.8. The summed E-state index contributed by atoms with van der Waals surface area (Å²) in [5, 5.41) is 13.8. The van der Waals surface area contributed by atoms with Crippen LogP contribution in [0, 0.1) is 11.3 Å². The van der Waals surface area contributed by atoms with E-state index in [2.05, 4.69) is 41.4 Å². The summed E-state index contributed by atoms with van der Waals surface area (Å²) in [5.74, 6) is 0. The molecule has 0 atom stereocenters. The number of fused-ring (bicyclic) bond motifs is 5. The van der Waals surface area contributed by atoms with Crippen molar-refractivity contribution in [2.24, 2.45) is 0 Å². The van der Waals surface area contributed by atoms with Crippen LogP contribution in [0.4, 0.5) is 0 Å². The maximum atomic E-state index is 9.06. The van der Waals surface area contributed by atoms with E-state index >= 15 is 0 Å². The van der Waals surface area contributed by atoms with Crippen molar-refractivity contribution < 1.29 is 0 Å². The second-order valence-corrected chi connectivity index (χ2v) is 4.71. The molecule has 1 N–H and O–H groups in total. The first-order valence-electron chi connectivity index (χ1n) is 6.20. The predicted octanol–water partition coefficient (Wildman–Crippen LogP) is 4.35. The number of aromatic nitrogens is 1. The van der Waals surface area contributed by atoms with E-state index in [1.807, 2.05) is 24.3 Å². The largest absolute Gasteiger partial charge is 0.354 e. The zero-order valence-corrected chi connectivity index (χ0v) is 10.1. The molecule has 1 aromatic heterocycles. The lowest BCUT2D eigenvalue weighted by molar-refractivity contribution is 1.49. The van der Waals surface area contributed by atoms with Gasteiger partial charge in [0.1, 0.15) is 0 Å². The summed E-state index contributed by atoms with van der Waals surface area (Å²) in [4.78, 5) is 3.41. The van der Waals surface area contributed by atoms with Gasteiger partial charge in [-0.05, 0) is 35.0 Å². The van der Waals surface area contributed by atoms with E-state index < -0.39 is 0 Å². The van der Waals surface area contributed by atoms with Crippen LogP contribution in [-0.2, 0) is 0 Å². The van der Waals surface area contributed by atoms with Crippen LogP contribution in [-0.4, -0.2) is 4.98 Å². The third kappa shape index (κ3) is 1.36. The van der Waals surface area contributed by atoms with Crippen molar-refractivity contribution in [1.82, 2.24) is 4.98 Å². The van der Waals surface area contributed by atoms with E-state index in [-0.39, 0.29) is 0 Å². The van der Waals surface area contributed by atoms with Gasteiger partial charge in [-0.25, -0.2) is 0 Å². The summed E-state index contributed by atoms with van der Waals surface area (Å²) in [6, 6.07) is 20.6. The van der Waals surface area contributed by atoms with E-state index in [9.17, 15) is 0 Å². The van der Waals surface area contributed by atoms with Gasteiger partial charge in [-0.15, -0.1) is 0 Å². The monoisotopic (exact) mass is 242 g/mol. The van der Waals surface area contributed by atoms with Gasteiger partial charge in [-0.1, -0.05) is 30.3 Å². The maximum absolute atomic E-state index is 9.06. The Hall–Kier alpha value is -2.79. The quantitative estimate of drug-likeness (QED) is 0.489. The molecule has 0 saturated carbocycles. The van der Waals surface area contributed by atoms with Crippen LogP contribution in [0.1, 0.15) is 5.56 Å². The molecule has 0 aliphatic heterocycles. The number of aromatic amines is 1. The van der Waals surface area contributed by atoms with E-state index in [4.69, 9.17) is 5.26 Å². The third-order valence-corrected chi connectivity index (χ3v) is 3.62. The van der Waals surface area contributed by atoms with Gasteiger partial charge in [0.2, 0.25) is 0 Å². The Morgan fingerprint density at radius 1 is 0.842 bits per heavy atom. The molecule has 0 aliphatic carbocycles. The molecule has 0 aliphatic rings. The Balaban J connectivity index is 2.31. The van der Waals surface area contributed by atoms with Gasteiger partial charge in [0, 0.05) is 21.8 Å². The van der Waals surface area contributed by atoms with Crippen molar-refractivity contribution in [2.45, 2.75) is 0 Å². The number of nitrogens with zero attached hydrogens (tertiary/aromatic N) is 1. The summed E-state index contributed by atoms with van der Waals surface area (Å²) in [5.41, 5.74) is 2.88. The van der Waals surface area contributed by atoms with Crippen LogP contribution >= 0.6 is 0 Å². The minimum atomic E-state index is 0.696. The standard InChI is InChI=1S/C17H10N2/c18-10-11-5-7-15-14(9-11)17-13-4-2-1-3-12(13)6-8-16(17)19-15/h1-9,19H. The highest BCUT2D eigenvalue weighted by atomic mass is 14.7. The van der Waals surface area contributed by atoms with Gasteiger partial charge in [0.15, 0.2) is 0 Å². The number of rotatable bonds is 0. The maximum Gasteiger partial charge on any atom is 0.0991 e. The van der Waals surface area contributed by atoms with E-state index in [1.165, 1.54) is 16.2 Å². The molecule has 1 heterocycles. The molecule has 0 radical (unpaired) electrons. The Kier molecular flexibility index (Phi) is 1.93. The number of hydrogen-bond donors (Lipinski definition) is 1. The lowest BCUT2D eigenvalue weighted by atomic mass is 10.0. The number of H-pyrrole nitrogens is 1. The Bertz CT molecular complexity index is 971. The molecular formula is C17H10N2. The average molecular weight is 242 g/mol. The fraction of sp³-hybridized carbons (Fsp3) is 0. The highest BCUT2D eigenvalue weighted by Crippen LogP contribution is 2.32. The van der Waals surface area contributed by atoms with E-state index in [0.717, 1.165) is 16.4 Å². The van der Waals surface area contributed by atoms with Crippen molar-refractivity contribution >= 4 is 32.6 Å². The second-order valence-electron chi connectivity index (χ2n) is 4.71. The minimum Gasteiger partial charge on any atom is -0.354 e. The van der Waals surface area contributed by atoms with E-state index in [0.29, 0.717) is 5.56 Å². The molecule has 0 saturated heterocycles. The van der Waals surface area contributed by atoms with Crippen LogP contribution in [0.25, 0.3) is 32.6 Å². The van der Waals surface area contributed by atoms with Gasteiger partial charge < -0.3 is 4.98 Å². The van der Waals surface area contributed by atoms with Gasteiger partial charge in [0.05, 0.1) is 11.6 Å². The molecule has 0 unspecified atom stereocenters. The van der Waals surface area contributed by atoms with Gasteiger partial charge in [0.25, 0.3) is 0 Å². The van der Waals surface area contributed by atoms with Crippen molar-refractivity contribution in [3.8, 4) is 6.07 Å². The van der Waals surface area contributed by atoms with Crippen LogP contribution < -0.4 is 0 Å². The first kappa shape index (κ1) is 10.2. The fourth-order valence-electron chi connectivity index (χ4n) is 2.74. The van der Waals surface area contributed by atoms with E-state index in [1.54, 1.807) is 0 Å². The lowest BCUT2D eigenvalue weighted by Gasteiger charge is -1.99. The summed E-state index contributed by atoms with van der Waals surface area (Å²) in [6.45, 7) is 0. The summed E-state index contributed by atoms with van der Waals surface area (Å²) < 4.78 is 0. The molecule has 0 fully saturated rings. The van der Waals surface area contributed by atoms with Gasteiger partial charge in [-0.3, -0.25) is 0 Å². The number of benzene rings is 3. The number of hydrogen-bond acceptors (Lipinski definition) is 1. The fourth-order valence-corrected chi connectivity index (χ4v) is 2.74. The Labute approximate surface area is 109 Å². The highest BCUT2D eigenvalue weighted by Gasteiger charge is 2.08. The molecular weight excluding hydrogens is 232 g/mol. The zero-order valence-electron chi connectivity index (χ0n) is 10.1. The molecule has 88 valence electrons. The molecule has 4 rings (SSSR count). The number of nitriles is 1. The normalized spacial score (nSPS) is 11.1. The third-order valence-electron chi connectivity index (χ3n) is 3.62. The Morgan fingerprint density at radius 3 is 2.58 bits per heavy atom. The van der Waals surface area contributed by atoms with Crippen LogP contribution in [0.15, 0.2) is 54.6 Å².